The number of aryl methyl sites for hydroxylation is 1. The first-order chi connectivity index (χ1) is 8.01. The second kappa shape index (κ2) is 4.69. The first kappa shape index (κ1) is 12.4. The molecule has 2 aromatic heterocycles. The highest BCUT2D eigenvalue weighted by atomic mass is 32.2. The lowest BCUT2D eigenvalue weighted by Gasteiger charge is -2.00. The fourth-order valence-electron chi connectivity index (χ4n) is 1.12. The van der Waals surface area contributed by atoms with Gasteiger partial charge in [0.05, 0.1) is 4.90 Å². The maximum atomic E-state index is 11.9. The van der Waals surface area contributed by atoms with E-state index < -0.39 is 10.0 Å². The molecule has 2 heterocycles. The molecule has 0 bridgehead atoms. The highest BCUT2D eigenvalue weighted by Gasteiger charge is 2.17. The Morgan fingerprint density at radius 2 is 2.24 bits per heavy atom. The summed E-state index contributed by atoms with van der Waals surface area (Å²) in [7, 11) is -3.58. The molecule has 0 unspecified atom stereocenters. The van der Waals surface area contributed by atoms with Gasteiger partial charge in [0, 0.05) is 16.8 Å². The van der Waals surface area contributed by atoms with Gasteiger partial charge in [-0.1, -0.05) is 11.3 Å². The zero-order chi connectivity index (χ0) is 12.5. The van der Waals surface area contributed by atoms with Crippen molar-refractivity contribution in [3.05, 3.63) is 21.3 Å². The van der Waals surface area contributed by atoms with Gasteiger partial charge in [-0.05, 0) is 13.0 Å². The van der Waals surface area contributed by atoms with E-state index in [9.17, 15) is 8.42 Å². The van der Waals surface area contributed by atoms with Crippen molar-refractivity contribution in [2.24, 2.45) is 5.73 Å². The van der Waals surface area contributed by atoms with E-state index >= 15 is 0 Å². The van der Waals surface area contributed by atoms with Crippen LogP contribution in [0.4, 0.5) is 5.13 Å². The van der Waals surface area contributed by atoms with Crippen LogP contribution >= 0.6 is 22.7 Å². The minimum absolute atomic E-state index is 0.204. The van der Waals surface area contributed by atoms with E-state index in [1.54, 1.807) is 18.4 Å². The van der Waals surface area contributed by atoms with Crippen molar-refractivity contribution in [2.75, 3.05) is 4.72 Å². The minimum atomic E-state index is -3.58. The van der Waals surface area contributed by atoms with Gasteiger partial charge in [-0.15, -0.1) is 21.5 Å². The molecular formula is C8H10N4O2S3. The van der Waals surface area contributed by atoms with E-state index in [1.165, 1.54) is 22.7 Å². The number of aromatic nitrogens is 2. The largest absolute Gasteiger partial charge is 0.326 e. The number of hydrogen-bond acceptors (Lipinski definition) is 7. The Morgan fingerprint density at radius 1 is 1.47 bits per heavy atom. The summed E-state index contributed by atoms with van der Waals surface area (Å²) in [6.45, 7) is 2.09. The van der Waals surface area contributed by atoms with Crippen molar-refractivity contribution in [3.63, 3.8) is 0 Å². The summed E-state index contributed by atoms with van der Waals surface area (Å²) in [5.74, 6) is 0. The van der Waals surface area contributed by atoms with Gasteiger partial charge < -0.3 is 5.73 Å². The molecule has 0 saturated carbocycles. The van der Waals surface area contributed by atoms with Crippen LogP contribution in [-0.4, -0.2) is 18.6 Å². The number of rotatable bonds is 4. The van der Waals surface area contributed by atoms with Gasteiger partial charge in [0.2, 0.25) is 5.13 Å². The maximum Gasteiger partial charge on any atom is 0.264 e. The van der Waals surface area contributed by atoms with Crippen molar-refractivity contribution in [3.8, 4) is 0 Å². The molecule has 0 atom stereocenters. The Labute approximate surface area is 107 Å². The molecule has 2 aromatic rings. The Kier molecular flexibility index (Phi) is 3.43. The summed E-state index contributed by atoms with van der Waals surface area (Å²) in [6.07, 6.45) is 0. The van der Waals surface area contributed by atoms with Crippen LogP contribution in [0.2, 0.25) is 0 Å². The Bertz CT molecular complexity index is 616. The summed E-state index contributed by atoms with van der Waals surface area (Å²) >= 11 is 2.50. The van der Waals surface area contributed by atoms with Crippen LogP contribution in [0.15, 0.2) is 16.3 Å². The minimum Gasteiger partial charge on any atom is -0.326 e. The van der Waals surface area contributed by atoms with Crippen molar-refractivity contribution in [2.45, 2.75) is 18.4 Å². The summed E-state index contributed by atoms with van der Waals surface area (Å²) in [4.78, 5) is 1.02. The number of nitrogens with zero attached hydrogens (tertiary/aromatic N) is 2. The third-order valence-electron chi connectivity index (χ3n) is 1.89. The van der Waals surface area contributed by atoms with Crippen LogP contribution in [0.3, 0.4) is 0 Å². The third-order valence-corrected chi connectivity index (χ3v) is 5.20. The predicted octanol–water partition coefficient (Wildman–Crippen LogP) is 1.17. The molecule has 0 fully saturated rings. The monoisotopic (exact) mass is 290 g/mol. The molecule has 0 radical (unpaired) electrons. The zero-order valence-corrected chi connectivity index (χ0v) is 11.3. The first-order valence-corrected chi connectivity index (χ1v) is 7.79. The smallest absolute Gasteiger partial charge is 0.264 e. The average molecular weight is 290 g/mol. The van der Waals surface area contributed by atoms with E-state index in [2.05, 4.69) is 14.9 Å². The van der Waals surface area contributed by atoms with Gasteiger partial charge in [0.15, 0.2) is 0 Å². The summed E-state index contributed by atoms with van der Waals surface area (Å²) in [6, 6.07) is 1.56. The number of nitrogens with two attached hydrogens (primary N) is 1. The summed E-state index contributed by atoms with van der Waals surface area (Å²) < 4.78 is 26.2. The molecule has 6 nitrogen and oxygen atoms in total. The molecular weight excluding hydrogens is 280 g/mol. The van der Waals surface area contributed by atoms with Crippen molar-refractivity contribution < 1.29 is 8.42 Å². The van der Waals surface area contributed by atoms with E-state index in [0.717, 1.165) is 4.88 Å². The fraction of sp³-hybridized carbons (Fsp3) is 0.250. The van der Waals surface area contributed by atoms with Gasteiger partial charge in [0.25, 0.3) is 10.0 Å². The van der Waals surface area contributed by atoms with Crippen molar-refractivity contribution in [1.82, 2.24) is 10.2 Å². The second-order valence-electron chi connectivity index (χ2n) is 3.18. The topological polar surface area (TPSA) is 98.0 Å². The molecule has 0 spiro atoms. The van der Waals surface area contributed by atoms with E-state index in [0.29, 0.717) is 11.6 Å². The lowest BCUT2D eigenvalue weighted by atomic mass is 10.5. The highest BCUT2D eigenvalue weighted by molar-refractivity contribution is 7.93. The third kappa shape index (κ3) is 2.80. The summed E-state index contributed by atoms with van der Waals surface area (Å²) in [5, 5.41) is 9.98. The summed E-state index contributed by atoms with van der Waals surface area (Å²) in [5.41, 5.74) is 5.44. The van der Waals surface area contributed by atoms with Crippen LogP contribution in [0, 0.1) is 6.92 Å². The lowest BCUT2D eigenvalue weighted by Crippen LogP contribution is -2.11. The molecule has 92 valence electrons. The van der Waals surface area contributed by atoms with Crippen LogP contribution in [-0.2, 0) is 16.6 Å². The van der Waals surface area contributed by atoms with E-state index in [4.69, 9.17) is 5.73 Å². The Balaban J connectivity index is 2.24. The van der Waals surface area contributed by atoms with Gasteiger partial charge in [-0.25, -0.2) is 8.42 Å². The molecule has 17 heavy (non-hydrogen) atoms. The first-order valence-electron chi connectivity index (χ1n) is 4.61. The van der Waals surface area contributed by atoms with Crippen LogP contribution < -0.4 is 10.5 Å². The Hall–Kier alpha value is -1.03. The van der Waals surface area contributed by atoms with Crippen molar-refractivity contribution >= 4 is 37.8 Å². The Morgan fingerprint density at radius 3 is 2.76 bits per heavy atom. The molecule has 0 aromatic carbocycles. The highest BCUT2D eigenvalue weighted by Crippen LogP contribution is 2.23. The molecule has 0 amide bonds. The predicted molar refractivity (Wildman–Crippen MR) is 67.7 cm³/mol. The lowest BCUT2D eigenvalue weighted by molar-refractivity contribution is 0.601. The maximum absolute atomic E-state index is 11.9. The molecule has 0 aliphatic rings. The molecule has 0 aliphatic carbocycles. The molecule has 9 heteroatoms. The van der Waals surface area contributed by atoms with Gasteiger partial charge in [-0.2, -0.15) is 0 Å². The van der Waals surface area contributed by atoms with E-state index in [1.807, 2.05) is 0 Å². The molecule has 0 saturated heterocycles. The standard InChI is InChI=1S/C8H10N4O2S3/c1-5-10-11-8(16-5)12-17(13,14)7-2-6(3-9)15-4-7/h2,4H,3,9H2,1H3,(H,11,12). The number of sulfonamides is 1. The second-order valence-corrected chi connectivity index (χ2v) is 7.04. The van der Waals surface area contributed by atoms with Crippen molar-refractivity contribution in [1.29, 1.82) is 0 Å². The number of nitrogens with one attached hydrogen (secondary N) is 1. The van der Waals surface area contributed by atoms with E-state index in [-0.39, 0.29) is 10.0 Å². The SMILES string of the molecule is Cc1nnc(NS(=O)(=O)c2csc(CN)c2)s1. The number of anilines is 1. The number of hydrogen-bond donors (Lipinski definition) is 2. The van der Waals surface area contributed by atoms with Crippen LogP contribution in [0.1, 0.15) is 9.88 Å². The number of thiophene rings is 1. The van der Waals surface area contributed by atoms with Crippen LogP contribution in [0.5, 0.6) is 0 Å². The molecule has 2 rings (SSSR count). The van der Waals surface area contributed by atoms with Gasteiger partial charge in [0.1, 0.15) is 5.01 Å². The molecule has 0 aliphatic heterocycles. The van der Waals surface area contributed by atoms with Gasteiger partial charge in [-0.3, -0.25) is 4.72 Å². The fourth-order valence-corrected chi connectivity index (χ4v) is 4.10. The van der Waals surface area contributed by atoms with Crippen LogP contribution in [0.25, 0.3) is 0 Å². The quantitative estimate of drug-likeness (QED) is 0.880. The zero-order valence-electron chi connectivity index (χ0n) is 8.87. The average Bonchev–Trinajstić information content (AvgIpc) is 2.86. The van der Waals surface area contributed by atoms with Gasteiger partial charge >= 0.3 is 0 Å². The normalized spacial score (nSPS) is 11.6. The molecule has 3 N–H and O–H groups in total.